The molecule has 0 radical (unpaired) electrons. The van der Waals surface area contributed by atoms with Crippen molar-refractivity contribution in [2.45, 2.75) is 44.3 Å². The van der Waals surface area contributed by atoms with Crippen LogP contribution in [0.25, 0.3) is 0 Å². The van der Waals surface area contributed by atoms with Crippen molar-refractivity contribution in [1.82, 2.24) is 9.97 Å². The average molecular weight is 339 g/mol. The van der Waals surface area contributed by atoms with E-state index in [1.165, 1.54) is 0 Å². The molecule has 6 nitrogen and oxygen atoms in total. The number of alkyl halides is 3. The Hall–Kier alpha value is -1.42. The molecule has 0 bridgehead atoms. The number of nitrogens with zero attached hydrogens (tertiary/aromatic N) is 2. The van der Waals surface area contributed by atoms with Crippen LogP contribution in [-0.4, -0.2) is 35.6 Å². The molecule has 10 heteroatoms. The van der Waals surface area contributed by atoms with E-state index in [0.717, 1.165) is 0 Å². The van der Waals surface area contributed by atoms with Gasteiger partial charge in [-0.3, -0.25) is 0 Å². The highest BCUT2D eigenvalue weighted by Gasteiger charge is 2.48. The maximum Gasteiger partial charge on any atom is 0.421 e. The largest absolute Gasteiger partial charge is 0.421 e. The molecule has 1 saturated carbocycles. The average Bonchev–Trinajstić information content (AvgIpc) is 2.36. The molecule has 1 aromatic rings. The number of aromatic nitrogens is 2. The standard InChI is InChI=1S/C12H16F3N3O3S/c1-11(2)7(3-8(11)19)17-10-6(12(13,14)15)4-16-9(18-10)5-22(20)21/h4,7-8,19,22H,3,5H2,1-2H3,(H,16,17,18). The zero-order chi connectivity index (χ0) is 16.7. The van der Waals surface area contributed by atoms with E-state index in [2.05, 4.69) is 15.3 Å². The minimum Gasteiger partial charge on any atom is -0.392 e. The van der Waals surface area contributed by atoms with Crippen molar-refractivity contribution in [3.63, 3.8) is 0 Å². The second-order valence-electron chi connectivity index (χ2n) is 5.81. The molecule has 2 N–H and O–H groups in total. The lowest BCUT2D eigenvalue weighted by Crippen LogP contribution is -2.57. The predicted octanol–water partition coefficient (Wildman–Crippen LogP) is 1.18. The maximum atomic E-state index is 13.0. The van der Waals surface area contributed by atoms with Crippen LogP contribution in [0.5, 0.6) is 0 Å². The summed E-state index contributed by atoms with van der Waals surface area (Å²) in [5, 5.41) is 12.3. The summed E-state index contributed by atoms with van der Waals surface area (Å²) in [5.41, 5.74) is -1.66. The lowest BCUT2D eigenvalue weighted by Gasteiger charge is -2.49. The Balaban J connectivity index is 2.34. The fraction of sp³-hybridized carbons (Fsp3) is 0.667. The van der Waals surface area contributed by atoms with Gasteiger partial charge >= 0.3 is 6.18 Å². The van der Waals surface area contributed by atoms with Crippen LogP contribution in [-0.2, 0) is 22.6 Å². The molecule has 1 aliphatic rings. The number of hydrogen-bond acceptors (Lipinski definition) is 6. The van der Waals surface area contributed by atoms with E-state index in [9.17, 15) is 26.7 Å². The van der Waals surface area contributed by atoms with Crippen molar-refractivity contribution in [1.29, 1.82) is 0 Å². The van der Waals surface area contributed by atoms with Crippen molar-refractivity contribution < 1.29 is 26.7 Å². The molecule has 0 aromatic carbocycles. The number of nitrogens with one attached hydrogen (secondary N) is 1. The van der Waals surface area contributed by atoms with Gasteiger partial charge in [0.15, 0.2) is 0 Å². The van der Waals surface area contributed by atoms with Crippen LogP contribution in [0.1, 0.15) is 31.7 Å². The van der Waals surface area contributed by atoms with E-state index < -0.39 is 51.6 Å². The van der Waals surface area contributed by atoms with Crippen LogP contribution in [0.4, 0.5) is 19.0 Å². The zero-order valence-corrected chi connectivity index (χ0v) is 12.8. The lowest BCUT2D eigenvalue weighted by atomic mass is 9.64. The topological polar surface area (TPSA) is 92.2 Å². The fourth-order valence-corrected chi connectivity index (χ4v) is 2.62. The van der Waals surface area contributed by atoms with E-state index in [1.807, 2.05) is 0 Å². The van der Waals surface area contributed by atoms with Crippen molar-refractivity contribution >= 4 is 16.5 Å². The molecular formula is C12H16F3N3O3S. The molecule has 2 atom stereocenters. The molecule has 22 heavy (non-hydrogen) atoms. The Kier molecular flexibility index (Phi) is 4.35. The summed E-state index contributed by atoms with van der Waals surface area (Å²) in [7, 11) is -2.84. The molecule has 0 amide bonds. The van der Waals surface area contributed by atoms with E-state index in [-0.39, 0.29) is 5.82 Å². The van der Waals surface area contributed by atoms with Gasteiger partial charge < -0.3 is 10.4 Å². The number of rotatable bonds is 4. The molecule has 0 aliphatic heterocycles. The number of halogens is 3. The molecule has 2 unspecified atom stereocenters. The monoisotopic (exact) mass is 339 g/mol. The normalized spacial score (nSPS) is 24.1. The van der Waals surface area contributed by atoms with Gasteiger partial charge in [-0.1, -0.05) is 13.8 Å². The first-order valence-corrected chi connectivity index (χ1v) is 7.87. The van der Waals surface area contributed by atoms with E-state index in [1.54, 1.807) is 13.8 Å². The number of aliphatic hydroxyl groups excluding tert-OH is 1. The third kappa shape index (κ3) is 3.32. The second kappa shape index (κ2) is 5.65. The Labute approximate surface area is 126 Å². The van der Waals surface area contributed by atoms with Crippen molar-refractivity contribution in [2.75, 3.05) is 5.32 Å². The Morgan fingerprint density at radius 1 is 1.45 bits per heavy atom. The third-order valence-electron chi connectivity index (χ3n) is 3.94. The highest BCUT2D eigenvalue weighted by molar-refractivity contribution is 7.71. The summed E-state index contributed by atoms with van der Waals surface area (Å²) >= 11 is 0. The number of hydrogen-bond donors (Lipinski definition) is 3. The molecule has 0 saturated heterocycles. The van der Waals surface area contributed by atoms with Crippen LogP contribution < -0.4 is 5.32 Å². The zero-order valence-electron chi connectivity index (χ0n) is 11.9. The number of thiol groups is 1. The highest BCUT2D eigenvalue weighted by atomic mass is 32.2. The first kappa shape index (κ1) is 16.9. The SMILES string of the molecule is CC1(C)C(O)CC1Nc1nc(C[SH](=O)=O)ncc1C(F)(F)F. The summed E-state index contributed by atoms with van der Waals surface area (Å²) < 4.78 is 60.3. The van der Waals surface area contributed by atoms with E-state index >= 15 is 0 Å². The first-order valence-electron chi connectivity index (χ1n) is 6.51. The van der Waals surface area contributed by atoms with E-state index in [0.29, 0.717) is 12.6 Å². The minimum absolute atomic E-state index is 0.204. The Morgan fingerprint density at radius 2 is 2.09 bits per heavy atom. The summed E-state index contributed by atoms with van der Waals surface area (Å²) in [6, 6.07) is -0.396. The van der Waals surface area contributed by atoms with Gasteiger partial charge in [-0.05, 0) is 6.42 Å². The molecule has 1 heterocycles. The van der Waals surface area contributed by atoms with E-state index in [4.69, 9.17) is 0 Å². The number of anilines is 1. The summed E-state index contributed by atoms with van der Waals surface area (Å²) in [6.45, 7) is 3.45. The molecule has 124 valence electrons. The van der Waals surface area contributed by atoms with Gasteiger partial charge in [0.05, 0.1) is 6.10 Å². The first-order chi connectivity index (χ1) is 10.0. The van der Waals surface area contributed by atoms with Crippen LogP contribution in [0, 0.1) is 5.41 Å². The minimum atomic E-state index is -4.66. The van der Waals surface area contributed by atoms with Gasteiger partial charge in [-0.2, -0.15) is 13.2 Å². The second-order valence-corrected chi connectivity index (χ2v) is 6.79. The van der Waals surface area contributed by atoms with Crippen LogP contribution in [0.3, 0.4) is 0 Å². The molecule has 1 fully saturated rings. The number of aliphatic hydroxyl groups is 1. The highest BCUT2D eigenvalue weighted by Crippen LogP contribution is 2.43. The van der Waals surface area contributed by atoms with Crippen LogP contribution in [0.15, 0.2) is 6.20 Å². The third-order valence-corrected chi connectivity index (χ3v) is 4.48. The molecule has 1 aromatic heterocycles. The predicted molar refractivity (Wildman–Crippen MR) is 72.9 cm³/mol. The van der Waals surface area contributed by atoms with Crippen molar-refractivity contribution in [3.8, 4) is 0 Å². The van der Waals surface area contributed by atoms with Gasteiger partial charge in [0.25, 0.3) is 0 Å². The molecule has 0 spiro atoms. The van der Waals surface area contributed by atoms with Gasteiger partial charge in [-0.25, -0.2) is 18.4 Å². The summed E-state index contributed by atoms with van der Waals surface area (Å²) in [5.74, 6) is -1.19. The fourth-order valence-electron chi connectivity index (χ4n) is 2.24. The molecule has 2 rings (SSSR count). The lowest BCUT2D eigenvalue weighted by molar-refractivity contribution is -0.137. The van der Waals surface area contributed by atoms with Gasteiger partial charge in [0.1, 0.15) is 33.7 Å². The van der Waals surface area contributed by atoms with Crippen LogP contribution >= 0.6 is 0 Å². The Bertz CT molecular complexity index is 638. The molecule has 1 aliphatic carbocycles. The van der Waals surface area contributed by atoms with Crippen molar-refractivity contribution in [2.24, 2.45) is 5.41 Å². The molecular weight excluding hydrogens is 323 g/mol. The Morgan fingerprint density at radius 3 is 2.55 bits per heavy atom. The summed E-state index contributed by atoms with van der Waals surface area (Å²) in [6.07, 6.45) is -4.41. The van der Waals surface area contributed by atoms with Crippen molar-refractivity contribution in [3.05, 3.63) is 17.6 Å². The quantitative estimate of drug-likeness (QED) is 0.714. The smallest absolute Gasteiger partial charge is 0.392 e. The summed E-state index contributed by atoms with van der Waals surface area (Å²) in [4.78, 5) is 7.13. The van der Waals surface area contributed by atoms with Gasteiger partial charge in [0.2, 0.25) is 0 Å². The maximum absolute atomic E-state index is 13.0. The van der Waals surface area contributed by atoms with Gasteiger partial charge in [0, 0.05) is 17.7 Å². The van der Waals surface area contributed by atoms with Gasteiger partial charge in [-0.15, -0.1) is 0 Å². The van der Waals surface area contributed by atoms with Crippen LogP contribution in [0.2, 0.25) is 0 Å².